The van der Waals surface area contributed by atoms with Gasteiger partial charge in [0, 0.05) is 51.8 Å². The summed E-state index contributed by atoms with van der Waals surface area (Å²) in [6.45, 7) is 5.65. The highest BCUT2D eigenvalue weighted by molar-refractivity contribution is 7.88. The van der Waals surface area contributed by atoms with E-state index in [1.807, 2.05) is 30.3 Å². The van der Waals surface area contributed by atoms with Crippen LogP contribution in [0.25, 0.3) is 0 Å². The van der Waals surface area contributed by atoms with Crippen molar-refractivity contribution >= 4 is 34.0 Å². The lowest BCUT2D eigenvalue weighted by molar-refractivity contribution is -0.288. The molecule has 326 valence electrons. The van der Waals surface area contributed by atoms with Crippen molar-refractivity contribution in [2.45, 2.75) is 83.9 Å². The topological polar surface area (TPSA) is 185 Å². The number of carbonyl (C=O) groups excluding carboxylic acids is 4. The van der Waals surface area contributed by atoms with Gasteiger partial charge in [-0.25, -0.2) is 0 Å². The second kappa shape index (κ2) is 19.8. The van der Waals surface area contributed by atoms with Gasteiger partial charge in [0.15, 0.2) is 12.2 Å². The van der Waals surface area contributed by atoms with Crippen LogP contribution in [-0.2, 0) is 66.0 Å². The lowest BCUT2D eigenvalue weighted by Crippen LogP contribution is -2.63. The maximum Gasteiger partial charge on any atom is 0.534 e. The number of rotatable bonds is 16. The molecular formula is C42H41F3O15S. The van der Waals surface area contributed by atoms with Crippen LogP contribution in [0.15, 0.2) is 91.0 Å². The Balaban J connectivity index is 1.63. The smallest absolute Gasteiger partial charge is 0.489 e. The van der Waals surface area contributed by atoms with Crippen LogP contribution in [0.2, 0.25) is 0 Å². The fourth-order valence-corrected chi connectivity index (χ4v) is 6.58. The first-order valence-electron chi connectivity index (χ1n) is 18.4. The zero-order valence-electron chi connectivity index (χ0n) is 33.3. The molecule has 4 aromatic carbocycles. The Kier molecular flexibility index (Phi) is 14.9. The number of aryl methyl sites for hydroxylation is 1. The Morgan fingerprint density at radius 2 is 1.28 bits per heavy atom. The van der Waals surface area contributed by atoms with E-state index in [9.17, 15) is 40.8 Å². The Labute approximate surface area is 348 Å². The number of esters is 4. The molecule has 15 nitrogen and oxygen atoms in total. The standard InChI is InChI=1S/C42H41F3O15S/c1-24-18-33(53-22-29-12-8-6-9-13-29)21-36(58-41-40(56-28(5)49)39(55-27(4)48)38(54-26(3)47)37(59-41)23-52-25(2)46)34(24)19-30-16-17-32(60-61(50,51)42(43,44)45)20-35(30)57-31-14-10-7-11-15-31/h6-18,20-21,37-41H,19,22-23H2,1-5H3/t37-,38-,39+,40-,41-/m1/s1. The molecule has 1 fully saturated rings. The van der Waals surface area contributed by atoms with Crippen molar-refractivity contribution in [2.75, 3.05) is 6.61 Å². The number of carbonyl (C=O) groups is 4. The van der Waals surface area contributed by atoms with Gasteiger partial charge >= 0.3 is 39.5 Å². The average molecular weight is 875 g/mol. The molecule has 0 N–H and O–H groups in total. The number of halogens is 3. The number of para-hydroxylation sites is 1. The summed E-state index contributed by atoms with van der Waals surface area (Å²) in [6.07, 6.45) is -7.75. The lowest BCUT2D eigenvalue weighted by atomic mass is 9.97. The average Bonchev–Trinajstić information content (AvgIpc) is 3.17. The molecule has 61 heavy (non-hydrogen) atoms. The van der Waals surface area contributed by atoms with Gasteiger partial charge in [-0.05, 0) is 47.9 Å². The van der Waals surface area contributed by atoms with Crippen LogP contribution in [0.4, 0.5) is 13.2 Å². The Hall–Kier alpha value is -6.34. The first kappa shape index (κ1) is 45.7. The summed E-state index contributed by atoms with van der Waals surface area (Å²) in [5, 5.41) is 0. The summed E-state index contributed by atoms with van der Waals surface area (Å²) in [5.41, 5.74) is -3.68. The van der Waals surface area contributed by atoms with Crippen molar-refractivity contribution in [2.24, 2.45) is 0 Å². The lowest BCUT2D eigenvalue weighted by Gasteiger charge is -2.44. The van der Waals surface area contributed by atoms with Gasteiger partial charge in [-0.2, -0.15) is 21.6 Å². The summed E-state index contributed by atoms with van der Waals surface area (Å²) >= 11 is 0. The van der Waals surface area contributed by atoms with Crippen molar-refractivity contribution in [3.05, 3.63) is 113 Å². The maximum atomic E-state index is 13.3. The Morgan fingerprint density at radius 3 is 1.89 bits per heavy atom. The van der Waals surface area contributed by atoms with Crippen molar-refractivity contribution < 1.29 is 82.8 Å². The number of hydrogen-bond donors (Lipinski definition) is 0. The third-order valence-electron chi connectivity index (χ3n) is 8.71. The van der Waals surface area contributed by atoms with E-state index in [-0.39, 0.29) is 36.0 Å². The molecule has 0 bridgehead atoms. The highest BCUT2D eigenvalue weighted by Gasteiger charge is 2.53. The minimum absolute atomic E-state index is 0.0228. The van der Waals surface area contributed by atoms with Crippen molar-refractivity contribution in [1.29, 1.82) is 0 Å². The predicted octanol–water partition coefficient (Wildman–Crippen LogP) is 6.65. The van der Waals surface area contributed by atoms with E-state index in [1.54, 1.807) is 43.3 Å². The number of hydrogen-bond acceptors (Lipinski definition) is 15. The molecule has 0 spiro atoms. The van der Waals surface area contributed by atoms with Gasteiger partial charge in [0.1, 0.15) is 48.1 Å². The van der Waals surface area contributed by atoms with E-state index in [1.165, 1.54) is 12.1 Å². The normalized spacial score (nSPS) is 18.9. The second-order valence-electron chi connectivity index (χ2n) is 13.5. The summed E-state index contributed by atoms with van der Waals surface area (Å²) in [4.78, 5) is 49.2. The summed E-state index contributed by atoms with van der Waals surface area (Å²) in [5.74, 6) is -3.52. The molecule has 19 heteroatoms. The maximum absolute atomic E-state index is 13.3. The van der Waals surface area contributed by atoms with Gasteiger partial charge in [-0.3, -0.25) is 19.2 Å². The third-order valence-corrected chi connectivity index (χ3v) is 9.69. The first-order valence-corrected chi connectivity index (χ1v) is 19.8. The SMILES string of the molecule is CC(=O)OC[C@H]1O[C@@H](Oc2cc(OCc3ccccc3)cc(C)c2Cc2ccc(OS(=O)(=O)C(F)(F)F)cc2Oc2ccccc2)[C@H](OC(C)=O)[C@@H](OC(C)=O)[C@@H]1OC(C)=O. The predicted molar refractivity (Wildman–Crippen MR) is 206 cm³/mol. The molecule has 0 radical (unpaired) electrons. The van der Waals surface area contributed by atoms with Crippen molar-refractivity contribution in [1.82, 2.24) is 0 Å². The van der Waals surface area contributed by atoms with E-state index >= 15 is 0 Å². The fourth-order valence-electron chi connectivity index (χ4n) is 6.13. The summed E-state index contributed by atoms with van der Waals surface area (Å²) < 4.78 is 115. The zero-order chi connectivity index (χ0) is 44.5. The van der Waals surface area contributed by atoms with Gasteiger partial charge < -0.3 is 42.1 Å². The molecule has 1 aliphatic rings. The van der Waals surface area contributed by atoms with Crippen LogP contribution in [-0.4, -0.2) is 75.1 Å². The van der Waals surface area contributed by atoms with E-state index in [0.717, 1.165) is 45.4 Å². The minimum atomic E-state index is -6.05. The van der Waals surface area contributed by atoms with Gasteiger partial charge in [0.25, 0.3) is 0 Å². The quantitative estimate of drug-likeness (QED) is 0.0504. The summed E-state index contributed by atoms with van der Waals surface area (Å²) in [6, 6.07) is 23.8. The summed E-state index contributed by atoms with van der Waals surface area (Å²) in [7, 11) is -6.05. The second-order valence-corrected chi connectivity index (χ2v) is 15.1. The molecule has 1 heterocycles. The molecule has 1 aliphatic heterocycles. The van der Waals surface area contributed by atoms with Crippen molar-refractivity contribution in [3.8, 4) is 28.7 Å². The van der Waals surface area contributed by atoms with Crippen LogP contribution in [0.1, 0.15) is 49.9 Å². The van der Waals surface area contributed by atoms with Crippen LogP contribution < -0.4 is 18.4 Å². The zero-order valence-corrected chi connectivity index (χ0v) is 34.2. The monoisotopic (exact) mass is 874 g/mol. The Bertz CT molecular complexity index is 2300. The molecule has 4 aromatic rings. The number of benzene rings is 4. The fraction of sp³-hybridized carbons (Fsp3) is 0.333. The molecule has 1 saturated heterocycles. The molecule has 0 amide bonds. The van der Waals surface area contributed by atoms with Gasteiger partial charge in [0.05, 0.1) is 0 Å². The van der Waals surface area contributed by atoms with E-state index in [0.29, 0.717) is 16.7 Å². The molecule has 0 saturated carbocycles. The van der Waals surface area contributed by atoms with E-state index in [4.69, 9.17) is 37.9 Å². The molecule has 0 aliphatic carbocycles. The number of alkyl halides is 3. The minimum Gasteiger partial charge on any atom is -0.489 e. The van der Waals surface area contributed by atoms with Crippen LogP contribution in [0.3, 0.4) is 0 Å². The first-order chi connectivity index (χ1) is 28.8. The van der Waals surface area contributed by atoms with Gasteiger partial charge in [0.2, 0.25) is 12.4 Å². The Morgan fingerprint density at radius 1 is 0.689 bits per heavy atom. The number of ether oxygens (including phenoxy) is 8. The highest BCUT2D eigenvalue weighted by Crippen LogP contribution is 2.39. The highest BCUT2D eigenvalue weighted by atomic mass is 32.2. The molecular weight excluding hydrogens is 834 g/mol. The van der Waals surface area contributed by atoms with Crippen LogP contribution >= 0.6 is 0 Å². The van der Waals surface area contributed by atoms with Gasteiger partial charge in [-0.1, -0.05) is 54.6 Å². The molecule has 5 rings (SSSR count). The van der Waals surface area contributed by atoms with Crippen LogP contribution in [0.5, 0.6) is 28.7 Å². The molecule has 0 unspecified atom stereocenters. The largest absolute Gasteiger partial charge is 0.534 e. The van der Waals surface area contributed by atoms with E-state index < -0.39 is 82.6 Å². The van der Waals surface area contributed by atoms with Crippen LogP contribution in [0, 0.1) is 6.92 Å². The molecule has 5 atom stereocenters. The van der Waals surface area contributed by atoms with E-state index in [2.05, 4.69) is 4.18 Å². The van der Waals surface area contributed by atoms with Crippen molar-refractivity contribution in [3.63, 3.8) is 0 Å². The van der Waals surface area contributed by atoms with Gasteiger partial charge in [-0.15, -0.1) is 0 Å². The molecule has 0 aromatic heterocycles. The third kappa shape index (κ3) is 12.6.